The second-order valence-corrected chi connectivity index (χ2v) is 5.45. The molecule has 2 aliphatic heterocycles. The molecule has 3 rings (SSSR count). The fourth-order valence-electron chi connectivity index (χ4n) is 2.82. The van der Waals surface area contributed by atoms with Gasteiger partial charge in [0.2, 0.25) is 5.91 Å². The van der Waals surface area contributed by atoms with Crippen LogP contribution in [0, 0.1) is 11.7 Å². The summed E-state index contributed by atoms with van der Waals surface area (Å²) in [6.07, 6.45) is 3.15. The van der Waals surface area contributed by atoms with Crippen LogP contribution >= 0.6 is 0 Å². The number of piperidine rings is 1. The molecular weight excluding hydrogens is 259 g/mol. The molecule has 108 valence electrons. The van der Waals surface area contributed by atoms with Gasteiger partial charge in [0.1, 0.15) is 11.6 Å². The van der Waals surface area contributed by atoms with Crippen molar-refractivity contribution < 1.29 is 13.9 Å². The minimum absolute atomic E-state index is 0.132. The average molecular weight is 278 g/mol. The van der Waals surface area contributed by atoms with Crippen LogP contribution in [-0.2, 0) is 11.2 Å². The highest BCUT2D eigenvalue weighted by Gasteiger charge is 2.23. The summed E-state index contributed by atoms with van der Waals surface area (Å²) in [5.41, 5.74) is 1.09. The number of ether oxygens (including phenoxy) is 1. The first-order valence-electron chi connectivity index (χ1n) is 7.19. The number of anilines is 1. The van der Waals surface area contributed by atoms with E-state index in [-0.39, 0.29) is 11.7 Å². The predicted molar refractivity (Wildman–Crippen MR) is 74.4 cm³/mol. The third-order valence-corrected chi connectivity index (χ3v) is 4.02. The Morgan fingerprint density at radius 1 is 1.25 bits per heavy atom. The Morgan fingerprint density at radius 2 is 2.05 bits per heavy atom. The Hall–Kier alpha value is -1.62. The maximum Gasteiger partial charge on any atom is 0.224 e. The molecule has 20 heavy (non-hydrogen) atoms. The van der Waals surface area contributed by atoms with Crippen LogP contribution in [0.5, 0.6) is 5.75 Å². The summed E-state index contributed by atoms with van der Waals surface area (Å²) >= 11 is 0. The fraction of sp³-hybridized carbons (Fsp3) is 0.533. The lowest BCUT2D eigenvalue weighted by Gasteiger charge is -2.25. The molecule has 4 nitrogen and oxygen atoms in total. The van der Waals surface area contributed by atoms with Crippen molar-refractivity contribution in [3.05, 3.63) is 23.5 Å². The number of carbonyl (C=O) groups excluding carboxylic acids is 1. The third-order valence-electron chi connectivity index (χ3n) is 4.02. The first-order chi connectivity index (χ1) is 9.74. The molecule has 0 saturated carbocycles. The second kappa shape index (κ2) is 5.79. The van der Waals surface area contributed by atoms with Gasteiger partial charge < -0.3 is 15.4 Å². The molecule has 0 aromatic heterocycles. The van der Waals surface area contributed by atoms with Crippen molar-refractivity contribution in [1.82, 2.24) is 5.32 Å². The van der Waals surface area contributed by atoms with Gasteiger partial charge in [0, 0.05) is 12.0 Å². The molecule has 1 amide bonds. The van der Waals surface area contributed by atoms with Crippen molar-refractivity contribution >= 4 is 11.6 Å². The zero-order chi connectivity index (χ0) is 13.9. The molecule has 0 spiro atoms. The summed E-state index contributed by atoms with van der Waals surface area (Å²) in [6.45, 7) is 2.73. The van der Waals surface area contributed by atoms with Crippen molar-refractivity contribution in [3.8, 4) is 5.75 Å². The smallest absolute Gasteiger partial charge is 0.224 e. The van der Waals surface area contributed by atoms with Gasteiger partial charge in [-0.25, -0.2) is 4.39 Å². The minimum Gasteiger partial charge on any atom is -0.493 e. The highest BCUT2D eigenvalue weighted by molar-refractivity contribution is 5.94. The molecule has 2 aliphatic rings. The number of benzene rings is 1. The predicted octanol–water partition coefficient (Wildman–Crippen LogP) is 2.09. The lowest BCUT2D eigenvalue weighted by Crippen LogP contribution is -2.30. The molecule has 1 fully saturated rings. The molecule has 0 aliphatic carbocycles. The summed E-state index contributed by atoms with van der Waals surface area (Å²) < 4.78 is 19.6. The van der Waals surface area contributed by atoms with E-state index >= 15 is 0 Å². The van der Waals surface area contributed by atoms with E-state index in [9.17, 15) is 9.18 Å². The summed E-state index contributed by atoms with van der Waals surface area (Å²) in [5, 5.41) is 5.93. The molecule has 5 heteroatoms. The zero-order valence-electron chi connectivity index (χ0n) is 11.4. The van der Waals surface area contributed by atoms with Gasteiger partial charge in [-0.3, -0.25) is 4.79 Å². The molecule has 0 atom stereocenters. The Bertz CT molecular complexity index is 513. The number of rotatable bonds is 3. The van der Waals surface area contributed by atoms with Crippen LogP contribution in [0.2, 0.25) is 0 Å². The van der Waals surface area contributed by atoms with E-state index < -0.39 is 0 Å². The quantitative estimate of drug-likeness (QED) is 0.890. The van der Waals surface area contributed by atoms with Crippen LogP contribution in [0.1, 0.15) is 24.8 Å². The standard InChI is InChI=1S/C15H19FN2O2/c16-12-2-3-13(11-1-4-14(19)18-15(11)12)20-9-10-5-7-17-8-6-10/h2-3,10,17H,1,4-9H2,(H,18,19). The van der Waals surface area contributed by atoms with Crippen LogP contribution in [0.4, 0.5) is 10.1 Å². The lowest BCUT2D eigenvalue weighted by atomic mass is 9.99. The van der Waals surface area contributed by atoms with Gasteiger partial charge in [0.15, 0.2) is 0 Å². The SMILES string of the molecule is O=C1CCc2c(OCC3CCNCC3)ccc(F)c2N1. The van der Waals surface area contributed by atoms with Gasteiger partial charge in [0.05, 0.1) is 12.3 Å². The first kappa shape index (κ1) is 13.4. The van der Waals surface area contributed by atoms with Crippen molar-refractivity contribution in [2.45, 2.75) is 25.7 Å². The van der Waals surface area contributed by atoms with Gasteiger partial charge in [-0.15, -0.1) is 0 Å². The van der Waals surface area contributed by atoms with Crippen LogP contribution in [0.25, 0.3) is 0 Å². The number of carbonyl (C=O) groups is 1. The van der Waals surface area contributed by atoms with Gasteiger partial charge in [0.25, 0.3) is 0 Å². The molecule has 0 bridgehead atoms. The van der Waals surface area contributed by atoms with Crippen molar-refractivity contribution in [1.29, 1.82) is 0 Å². The lowest BCUT2D eigenvalue weighted by molar-refractivity contribution is -0.116. The second-order valence-electron chi connectivity index (χ2n) is 5.45. The normalized spacial score (nSPS) is 19.4. The first-order valence-corrected chi connectivity index (χ1v) is 7.19. The summed E-state index contributed by atoms with van der Waals surface area (Å²) in [4.78, 5) is 11.4. The number of hydrogen-bond acceptors (Lipinski definition) is 3. The van der Waals surface area contributed by atoms with Crippen LogP contribution < -0.4 is 15.4 Å². The van der Waals surface area contributed by atoms with Crippen LogP contribution in [0.3, 0.4) is 0 Å². The average Bonchev–Trinajstić information content (AvgIpc) is 2.48. The largest absolute Gasteiger partial charge is 0.493 e. The van der Waals surface area contributed by atoms with E-state index in [0.717, 1.165) is 31.5 Å². The van der Waals surface area contributed by atoms with Gasteiger partial charge >= 0.3 is 0 Å². The summed E-state index contributed by atoms with van der Waals surface area (Å²) in [7, 11) is 0. The van der Waals surface area contributed by atoms with E-state index in [4.69, 9.17) is 4.74 Å². The topological polar surface area (TPSA) is 50.4 Å². The molecule has 1 saturated heterocycles. The Kier molecular flexibility index (Phi) is 3.87. The third kappa shape index (κ3) is 2.77. The van der Waals surface area contributed by atoms with Crippen molar-refractivity contribution in [2.24, 2.45) is 5.92 Å². The molecular formula is C15H19FN2O2. The highest BCUT2D eigenvalue weighted by atomic mass is 19.1. The summed E-state index contributed by atoms with van der Waals surface area (Å²) in [6, 6.07) is 3.04. The number of amides is 1. The van der Waals surface area contributed by atoms with Crippen molar-refractivity contribution in [3.63, 3.8) is 0 Å². The Balaban J connectivity index is 1.73. The molecule has 2 N–H and O–H groups in total. The number of hydrogen-bond donors (Lipinski definition) is 2. The maximum atomic E-state index is 13.7. The monoisotopic (exact) mass is 278 g/mol. The fourth-order valence-corrected chi connectivity index (χ4v) is 2.82. The van der Waals surface area contributed by atoms with Crippen LogP contribution in [0.15, 0.2) is 12.1 Å². The Morgan fingerprint density at radius 3 is 2.85 bits per heavy atom. The van der Waals surface area contributed by atoms with Gasteiger partial charge in [-0.05, 0) is 50.4 Å². The van der Waals surface area contributed by atoms with Gasteiger partial charge in [-0.1, -0.05) is 0 Å². The van der Waals surface area contributed by atoms with E-state index in [1.165, 1.54) is 6.07 Å². The zero-order valence-corrected chi connectivity index (χ0v) is 11.4. The Labute approximate surface area is 117 Å². The number of nitrogens with one attached hydrogen (secondary N) is 2. The number of halogens is 1. The van der Waals surface area contributed by atoms with Crippen molar-refractivity contribution in [2.75, 3.05) is 25.0 Å². The molecule has 2 heterocycles. The number of fused-ring (bicyclic) bond motifs is 1. The van der Waals surface area contributed by atoms with Crippen LogP contribution in [-0.4, -0.2) is 25.6 Å². The minimum atomic E-state index is -0.387. The maximum absolute atomic E-state index is 13.7. The summed E-state index contributed by atoms with van der Waals surface area (Å²) in [5.74, 6) is 0.740. The van der Waals surface area contributed by atoms with E-state index in [1.807, 2.05) is 0 Å². The van der Waals surface area contributed by atoms with E-state index in [1.54, 1.807) is 6.07 Å². The molecule has 1 aromatic rings. The molecule has 0 unspecified atom stereocenters. The van der Waals surface area contributed by atoms with Gasteiger partial charge in [-0.2, -0.15) is 0 Å². The van der Waals surface area contributed by atoms with E-state index in [2.05, 4.69) is 10.6 Å². The molecule has 1 aromatic carbocycles. The molecule has 0 radical (unpaired) electrons. The highest BCUT2D eigenvalue weighted by Crippen LogP contribution is 2.34. The van der Waals surface area contributed by atoms with E-state index in [0.29, 0.717) is 36.8 Å².